The fraction of sp³-hybridized carbons (Fsp3) is 0.211. The summed E-state index contributed by atoms with van der Waals surface area (Å²) >= 11 is 0. The molecule has 0 bridgehead atoms. The van der Waals surface area contributed by atoms with Crippen LogP contribution in [0.15, 0.2) is 56.9 Å². The van der Waals surface area contributed by atoms with E-state index in [0.29, 0.717) is 29.0 Å². The number of fused-ring (bicyclic) bond motifs is 1. The minimum atomic E-state index is -4.07. The van der Waals surface area contributed by atoms with Gasteiger partial charge in [-0.2, -0.15) is 18.4 Å². The highest BCUT2D eigenvalue weighted by molar-refractivity contribution is 7.89. The second-order valence-corrected chi connectivity index (χ2v) is 7.92. The van der Waals surface area contributed by atoms with E-state index in [1.165, 1.54) is 19.1 Å². The van der Waals surface area contributed by atoms with Crippen LogP contribution in [0.4, 0.5) is 5.69 Å². The third kappa shape index (κ3) is 3.61. The van der Waals surface area contributed by atoms with Crippen molar-refractivity contribution >= 4 is 32.4 Å². The van der Waals surface area contributed by atoms with Crippen LogP contribution >= 0.6 is 0 Å². The van der Waals surface area contributed by atoms with Gasteiger partial charge < -0.3 is 4.42 Å². The van der Waals surface area contributed by atoms with Gasteiger partial charge in [-0.05, 0) is 32.4 Å². The second kappa shape index (κ2) is 7.43. The Kier molecular flexibility index (Phi) is 5.19. The van der Waals surface area contributed by atoms with E-state index in [-0.39, 0.29) is 10.6 Å². The molecule has 0 amide bonds. The van der Waals surface area contributed by atoms with Gasteiger partial charge in [-0.15, -0.1) is 0 Å². The summed E-state index contributed by atoms with van der Waals surface area (Å²) in [5.74, 6) is 0.501. The highest BCUT2D eigenvalue weighted by Gasteiger charge is 2.20. The van der Waals surface area contributed by atoms with Crippen molar-refractivity contribution in [2.45, 2.75) is 32.1 Å². The highest BCUT2D eigenvalue weighted by atomic mass is 32.2. The number of aryl methyl sites for hydroxylation is 2. The molecule has 0 fully saturated rings. The topological polar surface area (TPSA) is 115 Å². The average molecular weight is 401 g/mol. The number of para-hydroxylation sites is 1. The highest BCUT2D eigenvalue weighted by Crippen LogP contribution is 2.27. The lowest BCUT2D eigenvalue weighted by Crippen LogP contribution is -2.20. The van der Waals surface area contributed by atoms with E-state index in [0.717, 1.165) is 17.0 Å². The summed E-state index contributed by atoms with van der Waals surface area (Å²) in [6, 6.07) is 11.2. The van der Waals surface area contributed by atoms with E-state index in [1.807, 2.05) is 31.2 Å². The maximum atomic E-state index is 12.5. The molecule has 2 aromatic carbocycles. The quantitative estimate of drug-likeness (QED) is 0.382. The molecule has 8 nitrogen and oxygen atoms in total. The Morgan fingerprint density at radius 2 is 1.96 bits per heavy atom. The fourth-order valence-electron chi connectivity index (χ4n) is 2.93. The minimum Gasteiger partial charge on any atom is -0.454 e. The van der Waals surface area contributed by atoms with E-state index >= 15 is 0 Å². The first-order valence-electron chi connectivity index (χ1n) is 8.56. The molecule has 28 heavy (non-hydrogen) atoms. The number of nitro benzene ring substituents is 1. The zero-order valence-electron chi connectivity index (χ0n) is 15.6. The zero-order chi connectivity index (χ0) is 20.5. The summed E-state index contributed by atoms with van der Waals surface area (Å²) < 4.78 is 30.9. The maximum absolute atomic E-state index is 12.5. The van der Waals surface area contributed by atoms with E-state index in [2.05, 4.69) is 9.93 Å². The zero-order valence-corrected chi connectivity index (χ0v) is 16.4. The van der Waals surface area contributed by atoms with E-state index in [1.54, 1.807) is 6.92 Å². The van der Waals surface area contributed by atoms with Crippen molar-refractivity contribution in [3.63, 3.8) is 0 Å². The molecule has 0 atom stereocenters. The molecule has 146 valence electrons. The normalized spacial score (nSPS) is 12.3. The number of hydrazone groups is 1. The van der Waals surface area contributed by atoms with E-state index in [9.17, 15) is 18.5 Å². The molecule has 0 saturated carbocycles. The molecular weight excluding hydrogens is 382 g/mol. The van der Waals surface area contributed by atoms with Crippen molar-refractivity contribution in [3.8, 4) is 0 Å². The molecule has 3 rings (SSSR count). The van der Waals surface area contributed by atoms with Gasteiger partial charge in [0, 0.05) is 22.6 Å². The molecule has 1 heterocycles. The van der Waals surface area contributed by atoms with Crippen LogP contribution < -0.4 is 4.83 Å². The van der Waals surface area contributed by atoms with Gasteiger partial charge in [-0.1, -0.05) is 31.2 Å². The first-order chi connectivity index (χ1) is 13.2. The third-order valence-electron chi connectivity index (χ3n) is 4.40. The van der Waals surface area contributed by atoms with Crippen molar-refractivity contribution in [1.82, 2.24) is 4.83 Å². The largest absolute Gasteiger partial charge is 0.454 e. The second-order valence-electron chi connectivity index (χ2n) is 6.26. The molecule has 3 aromatic rings. The van der Waals surface area contributed by atoms with Crippen molar-refractivity contribution in [2.75, 3.05) is 0 Å². The van der Waals surface area contributed by atoms with Crippen molar-refractivity contribution in [3.05, 3.63) is 69.5 Å². The Morgan fingerprint density at radius 3 is 2.64 bits per heavy atom. The third-order valence-corrected chi connectivity index (χ3v) is 5.61. The number of nitro groups is 1. The van der Waals surface area contributed by atoms with Crippen LogP contribution in [-0.4, -0.2) is 19.1 Å². The van der Waals surface area contributed by atoms with E-state index in [4.69, 9.17) is 4.42 Å². The van der Waals surface area contributed by atoms with Crippen LogP contribution in [0.1, 0.15) is 30.7 Å². The van der Waals surface area contributed by atoms with Gasteiger partial charge in [-0.3, -0.25) is 10.1 Å². The minimum absolute atomic E-state index is 0.235. The summed E-state index contributed by atoms with van der Waals surface area (Å²) in [6.45, 7) is 5.15. The van der Waals surface area contributed by atoms with Gasteiger partial charge in [0.2, 0.25) is 0 Å². The Bertz CT molecular complexity index is 1200. The summed E-state index contributed by atoms with van der Waals surface area (Å²) in [4.78, 5) is 12.3. The number of hydrogen-bond acceptors (Lipinski definition) is 6. The number of furan rings is 1. The number of nitrogens with one attached hydrogen (secondary N) is 1. The first kappa shape index (κ1) is 19.6. The van der Waals surface area contributed by atoms with Crippen molar-refractivity contribution in [2.24, 2.45) is 5.10 Å². The monoisotopic (exact) mass is 401 g/mol. The van der Waals surface area contributed by atoms with Crippen LogP contribution in [0.2, 0.25) is 0 Å². The lowest BCUT2D eigenvalue weighted by atomic mass is 10.1. The summed E-state index contributed by atoms with van der Waals surface area (Å²) in [5.41, 5.74) is 2.09. The van der Waals surface area contributed by atoms with Crippen LogP contribution in [0.25, 0.3) is 11.0 Å². The smallest absolute Gasteiger partial charge is 0.276 e. The maximum Gasteiger partial charge on any atom is 0.276 e. The number of nitrogens with zero attached hydrogens (tertiary/aromatic N) is 2. The predicted octanol–water partition coefficient (Wildman–Crippen LogP) is 3.91. The number of hydrogen-bond donors (Lipinski definition) is 1. The molecule has 0 aliphatic carbocycles. The summed E-state index contributed by atoms with van der Waals surface area (Å²) in [7, 11) is -4.07. The standard InChI is InChI=1S/C19H19N3O5S/c1-4-15-16-7-5-6-8-18(16)27-19(15)13(3)20-21-28(25,26)14-10-9-12(2)17(11-14)22(23)24/h5-11,21H,4H2,1-3H3/b20-13-. The summed E-state index contributed by atoms with van der Waals surface area (Å²) in [5, 5.41) is 16.0. The first-order valence-corrected chi connectivity index (χ1v) is 10.0. The van der Waals surface area contributed by atoms with Gasteiger partial charge in [0.05, 0.1) is 9.82 Å². The predicted molar refractivity (Wildman–Crippen MR) is 106 cm³/mol. The van der Waals surface area contributed by atoms with Gasteiger partial charge in [-0.25, -0.2) is 0 Å². The molecular formula is C19H19N3O5S. The summed E-state index contributed by atoms with van der Waals surface area (Å²) in [6.07, 6.45) is 0.691. The van der Waals surface area contributed by atoms with Crippen LogP contribution in [0.5, 0.6) is 0 Å². The lowest BCUT2D eigenvalue weighted by Gasteiger charge is -2.06. The number of benzene rings is 2. The van der Waals surface area contributed by atoms with Crippen LogP contribution in [0.3, 0.4) is 0 Å². The van der Waals surface area contributed by atoms with E-state index < -0.39 is 14.9 Å². The van der Waals surface area contributed by atoms with Gasteiger partial charge in [0.25, 0.3) is 15.7 Å². The van der Waals surface area contributed by atoms with Gasteiger partial charge in [0.15, 0.2) is 5.76 Å². The average Bonchev–Trinajstić information content (AvgIpc) is 3.04. The Labute approximate surface area is 162 Å². The molecule has 1 aromatic heterocycles. The van der Waals surface area contributed by atoms with Crippen LogP contribution in [0, 0.1) is 17.0 Å². The molecule has 0 unspecified atom stereocenters. The SMILES string of the molecule is CCc1c(/C(C)=N\NS(=O)(=O)c2ccc(C)c([N+](=O)[O-])c2)oc2ccccc12. The molecule has 0 aliphatic rings. The van der Waals surface area contributed by atoms with Crippen molar-refractivity contribution < 1.29 is 17.8 Å². The molecule has 0 aliphatic heterocycles. The molecule has 0 spiro atoms. The Hall–Kier alpha value is -3.20. The van der Waals surface area contributed by atoms with Gasteiger partial charge >= 0.3 is 0 Å². The lowest BCUT2D eigenvalue weighted by molar-refractivity contribution is -0.385. The number of rotatable bonds is 6. The number of sulfonamides is 1. The molecule has 9 heteroatoms. The van der Waals surface area contributed by atoms with Crippen molar-refractivity contribution in [1.29, 1.82) is 0 Å². The Morgan fingerprint density at radius 1 is 1.25 bits per heavy atom. The van der Waals surface area contributed by atoms with Crippen LogP contribution in [-0.2, 0) is 16.4 Å². The van der Waals surface area contributed by atoms with Gasteiger partial charge in [0.1, 0.15) is 11.3 Å². The fourth-order valence-corrected chi connectivity index (χ4v) is 3.80. The molecule has 1 N–H and O–H groups in total. The molecule has 0 saturated heterocycles. The molecule has 0 radical (unpaired) electrons. The Balaban J connectivity index is 1.95.